The molecule has 0 saturated carbocycles. The minimum Gasteiger partial charge on any atom is -0.507 e. The number of hydrogen-bond donors (Lipinski definition) is 1. The van der Waals surface area contributed by atoms with Gasteiger partial charge in [0, 0.05) is 24.3 Å². The molecule has 3 heterocycles. The van der Waals surface area contributed by atoms with Gasteiger partial charge in [0.15, 0.2) is 5.82 Å². The van der Waals surface area contributed by atoms with Gasteiger partial charge in [-0.05, 0) is 61.0 Å². The number of aliphatic hydroxyl groups excluding tert-OH is 1. The Balaban J connectivity index is 1.59. The number of carbonyl (C=O) groups excluding carboxylic acids is 2. The lowest BCUT2D eigenvalue weighted by Gasteiger charge is -2.29. The maximum Gasteiger partial charge on any atom is 0.301 e. The SMILES string of the molecule is COc1ccc(C2C(=C(O)c3ccc(N4CCOCC4)cc3)C(=O)C(=O)N2c2ccc(C)nn2)cc1. The van der Waals surface area contributed by atoms with Crippen LogP contribution in [0.4, 0.5) is 11.5 Å². The third kappa shape index (κ3) is 4.29. The third-order valence-corrected chi connectivity index (χ3v) is 6.42. The number of aliphatic hydroxyl groups is 1. The van der Waals surface area contributed by atoms with Gasteiger partial charge in [0.25, 0.3) is 5.78 Å². The Hall–Kier alpha value is -4.24. The molecule has 3 aromatic rings. The summed E-state index contributed by atoms with van der Waals surface area (Å²) in [5.41, 5.74) is 2.74. The van der Waals surface area contributed by atoms with Gasteiger partial charge in [-0.15, -0.1) is 5.10 Å². The number of carbonyl (C=O) groups is 2. The van der Waals surface area contributed by atoms with Crippen LogP contribution in [0.5, 0.6) is 5.75 Å². The molecule has 9 nitrogen and oxygen atoms in total. The largest absolute Gasteiger partial charge is 0.507 e. The molecule has 1 N–H and O–H groups in total. The normalized spacial score (nSPS) is 19.6. The molecular weight excluding hydrogens is 460 g/mol. The monoisotopic (exact) mass is 486 g/mol. The van der Waals surface area contributed by atoms with Crippen LogP contribution in [0, 0.1) is 6.92 Å². The number of rotatable bonds is 5. The van der Waals surface area contributed by atoms with Crippen molar-refractivity contribution in [1.29, 1.82) is 0 Å². The average Bonchev–Trinajstić information content (AvgIpc) is 3.19. The summed E-state index contributed by atoms with van der Waals surface area (Å²) in [6.45, 7) is 4.67. The zero-order chi connectivity index (χ0) is 25.2. The number of aryl methyl sites for hydroxylation is 1. The van der Waals surface area contributed by atoms with E-state index >= 15 is 0 Å². The fourth-order valence-electron chi connectivity index (χ4n) is 4.50. The molecule has 9 heteroatoms. The lowest BCUT2D eigenvalue weighted by atomic mass is 9.95. The van der Waals surface area contributed by atoms with Crippen molar-refractivity contribution in [3.8, 4) is 5.75 Å². The summed E-state index contributed by atoms with van der Waals surface area (Å²) in [6.07, 6.45) is 0. The number of benzene rings is 2. The summed E-state index contributed by atoms with van der Waals surface area (Å²) in [6, 6.07) is 16.8. The van der Waals surface area contributed by atoms with E-state index in [4.69, 9.17) is 9.47 Å². The quantitative estimate of drug-likeness (QED) is 0.333. The van der Waals surface area contributed by atoms with E-state index in [1.807, 2.05) is 12.1 Å². The Labute approximate surface area is 208 Å². The molecule has 2 aromatic carbocycles. The first-order chi connectivity index (χ1) is 17.5. The smallest absolute Gasteiger partial charge is 0.301 e. The molecule has 0 aliphatic carbocycles. The number of hydrogen-bond acceptors (Lipinski definition) is 8. The van der Waals surface area contributed by atoms with E-state index in [1.54, 1.807) is 62.6 Å². The van der Waals surface area contributed by atoms with Crippen molar-refractivity contribution in [1.82, 2.24) is 10.2 Å². The van der Waals surface area contributed by atoms with Gasteiger partial charge in [0.2, 0.25) is 0 Å². The molecule has 2 fully saturated rings. The Morgan fingerprint density at radius 2 is 1.67 bits per heavy atom. The zero-order valence-corrected chi connectivity index (χ0v) is 20.0. The molecular formula is C27H26N4O5. The van der Waals surface area contributed by atoms with Gasteiger partial charge in [-0.1, -0.05) is 12.1 Å². The molecule has 5 rings (SSSR count). The molecule has 2 saturated heterocycles. The average molecular weight is 487 g/mol. The van der Waals surface area contributed by atoms with E-state index in [0.717, 1.165) is 18.8 Å². The van der Waals surface area contributed by atoms with Crippen LogP contribution in [0.3, 0.4) is 0 Å². The maximum absolute atomic E-state index is 13.3. The van der Waals surface area contributed by atoms with E-state index in [0.29, 0.717) is 35.8 Å². The van der Waals surface area contributed by atoms with Crippen molar-refractivity contribution in [3.63, 3.8) is 0 Å². The van der Waals surface area contributed by atoms with E-state index in [1.165, 1.54) is 4.90 Å². The molecule has 1 unspecified atom stereocenters. The molecule has 1 amide bonds. The Morgan fingerprint density at radius 1 is 0.972 bits per heavy atom. The van der Waals surface area contributed by atoms with Crippen LogP contribution in [-0.2, 0) is 14.3 Å². The minimum atomic E-state index is -0.883. The molecule has 0 radical (unpaired) electrons. The van der Waals surface area contributed by atoms with Crippen LogP contribution in [-0.4, -0.2) is 60.4 Å². The highest BCUT2D eigenvalue weighted by atomic mass is 16.5. The Morgan fingerprint density at radius 3 is 2.28 bits per heavy atom. The first-order valence-corrected chi connectivity index (χ1v) is 11.7. The number of amides is 1. The van der Waals surface area contributed by atoms with Gasteiger partial charge in [-0.3, -0.25) is 14.5 Å². The van der Waals surface area contributed by atoms with E-state index in [9.17, 15) is 14.7 Å². The summed E-state index contributed by atoms with van der Waals surface area (Å²) < 4.78 is 10.7. The second-order valence-corrected chi connectivity index (χ2v) is 8.62. The fraction of sp³-hybridized carbons (Fsp3) is 0.259. The fourth-order valence-corrected chi connectivity index (χ4v) is 4.50. The van der Waals surface area contributed by atoms with Gasteiger partial charge >= 0.3 is 5.91 Å². The second kappa shape index (κ2) is 9.79. The van der Waals surface area contributed by atoms with Gasteiger partial charge in [-0.2, -0.15) is 5.10 Å². The van der Waals surface area contributed by atoms with Crippen molar-refractivity contribution in [3.05, 3.63) is 83.1 Å². The van der Waals surface area contributed by atoms with E-state index < -0.39 is 17.7 Å². The van der Waals surface area contributed by atoms with Crippen molar-refractivity contribution in [2.75, 3.05) is 43.2 Å². The van der Waals surface area contributed by atoms with Gasteiger partial charge < -0.3 is 19.5 Å². The van der Waals surface area contributed by atoms with E-state index in [-0.39, 0.29) is 17.2 Å². The summed E-state index contributed by atoms with van der Waals surface area (Å²) >= 11 is 0. The number of ether oxygens (including phenoxy) is 2. The van der Waals surface area contributed by atoms with Gasteiger partial charge in [0.05, 0.1) is 37.6 Å². The lowest BCUT2D eigenvalue weighted by Crippen LogP contribution is -2.36. The molecule has 1 aromatic heterocycles. The van der Waals surface area contributed by atoms with Crippen LogP contribution >= 0.6 is 0 Å². The molecule has 36 heavy (non-hydrogen) atoms. The Kier molecular flexibility index (Phi) is 6.39. The summed E-state index contributed by atoms with van der Waals surface area (Å²) in [7, 11) is 1.56. The summed E-state index contributed by atoms with van der Waals surface area (Å²) in [5.74, 6) is -0.951. The van der Waals surface area contributed by atoms with Crippen LogP contribution < -0.4 is 14.5 Å². The zero-order valence-electron chi connectivity index (χ0n) is 20.0. The number of morpholine rings is 1. The minimum absolute atomic E-state index is 0.00772. The summed E-state index contributed by atoms with van der Waals surface area (Å²) in [4.78, 5) is 30.0. The highest BCUT2D eigenvalue weighted by Crippen LogP contribution is 2.42. The lowest BCUT2D eigenvalue weighted by molar-refractivity contribution is -0.132. The number of Topliss-reactive ketones (excluding diaryl/α,β-unsaturated/α-hetero) is 1. The van der Waals surface area contributed by atoms with E-state index in [2.05, 4.69) is 15.1 Å². The molecule has 0 spiro atoms. The predicted octanol–water partition coefficient (Wildman–Crippen LogP) is 3.26. The van der Waals surface area contributed by atoms with Crippen LogP contribution in [0.1, 0.15) is 22.9 Å². The molecule has 2 aliphatic rings. The second-order valence-electron chi connectivity index (χ2n) is 8.62. The molecule has 0 bridgehead atoms. The molecule has 2 aliphatic heterocycles. The van der Waals surface area contributed by atoms with Crippen LogP contribution in [0.15, 0.2) is 66.2 Å². The number of ketones is 1. The highest BCUT2D eigenvalue weighted by Gasteiger charge is 2.47. The topological polar surface area (TPSA) is 105 Å². The van der Waals surface area contributed by atoms with Crippen molar-refractivity contribution >= 4 is 29.0 Å². The summed E-state index contributed by atoms with van der Waals surface area (Å²) in [5, 5.41) is 19.5. The van der Waals surface area contributed by atoms with Crippen molar-refractivity contribution in [2.45, 2.75) is 13.0 Å². The molecule has 184 valence electrons. The number of nitrogens with zero attached hydrogens (tertiary/aromatic N) is 4. The first-order valence-electron chi connectivity index (χ1n) is 11.7. The van der Waals surface area contributed by atoms with Gasteiger partial charge in [0.1, 0.15) is 11.5 Å². The number of aromatic nitrogens is 2. The van der Waals surface area contributed by atoms with Crippen molar-refractivity contribution < 1.29 is 24.2 Å². The Bertz CT molecular complexity index is 1300. The number of methoxy groups -OCH3 is 1. The maximum atomic E-state index is 13.3. The van der Waals surface area contributed by atoms with Gasteiger partial charge in [-0.25, -0.2) is 0 Å². The highest BCUT2D eigenvalue weighted by molar-refractivity contribution is 6.51. The third-order valence-electron chi connectivity index (χ3n) is 6.42. The first kappa shape index (κ1) is 23.5. The number of anilines is 2. The predicted molar refractivity (Wildman–Crippen MR) is 134 cm³/mol. The van der Waals surface area contributed by atoms with Crippen molar-refractivity contribution in [2.24, 2.45) is 0 Å². The van der Waals surface area contributed by atoms with Crippen LogP contribution in [0.25, 0.3) is 5.76 Å². The molecule has 1 atom stereocenters. The van der Waals surface area contributed by atoms with Crippen LogP contribution in [0.2, 0.25) is 0 Å². The standard InChI is InChI=1S/C27H26N4O5/c1-17-3-12-22(29-28-17)31-24(18-6-10-21(35-2)11-7-18)23(26(33)27(31)34)25(32)19-4-8-20(9-5-19)30-13-15-36-16-14-30/h3-12,24,32H,13-16H2,1-2H3.